The van der Waals surface area contributed by atoms with Gasteiger partial charge < -0.3 is 15.4 Å². The lowest BCUT2D eigenvalue weighted by Gasteiger charge is -1.94. The lowest BCUT2D eigenvalue weighted by molar-refractivity contribution is -0.139. The molecular formula is C6H8N2O3. The zero-order chi connectivity index (χ0) is 8.85. The van der Waals surface area contributed by atoms with E-state index in [9.17, 15) is 4.79 Å². The molecule has 0 fully saturated rings. The minimum absolute atomic E-state index is 0.144. The van der Waals surface area contributed by atoms with Crippen molar-refractivity contribution in [3.8, 4) is 0 Å². The predicted octanol–water partition coefficient (Wildman–Crippen LogP) is 0.292. The summed E-state index contributed by atoms with van der Waals surface area (Å²) in [5, 5.41) is 8.62. The van der Waals surface area contributed by atoms with E-state index in [1.54, 1.807) is 6.92 Å². The first-order chi connectivity index (χ1) is 5.13. The SMILES string of the molecule is C=C(O)C(=[N+]=[N-])C(=O)OCC. The van der Waals surface area contributed by atoms with Crippen LogP contribution in [-0.4, -0.2) is 28.2 Å². The molecule has 0 aliphatic heterocycles. The van der Waals surface area contributed by atoms with E-state index in [4.69, 9.17) is 10.6 Å². The zero-order valence-corrected chi connectivity index (χ0v) is 6.07. The third kappa shape index (κ3) is 2.64. The molecule has 5 heteroatoms. The van der Waals surface area contributed by atoms with Crippen LogP contribution in [0.3, 0.4) is 0 Å². The standard InChI is InChI=1S/C6H8N2O3/c1-3-11-6(10)5(8-7)4(2)9/h9H,2-3H2,1H3. The Kier molecular flexibility index (Phi) is 3.62. The molecule has 5 nitrogen and oxygen atoms in total. The first kappa shape index (κ1) is 9.39. The van der Waals surface area contributed by atoms with Crippen LogP contribution < -0.4 is 0 Å². The first-order valence-electron chi connectivity index (χ1n) is 2.90. The van der Waals surface area contributed by atoms with Crippen LogP contribution in [0.2, 0.25) is 0 Å². The summed E-state index contributed by atoms with van der Waals surface area (Å²) in [7, 11) is 0. The van der Waals surface area contributed by atoms with E-state index in [-0.39, 0.29) is 6.61 Å². The molecule has 0 saturated carbocycles. The van der Waals surface area contributed by atoms with Gasteiger partial charge in [0.1, 0.15) is 0 Å². The van der Waals surface area contributed by atoms with Crippen LogP contribution in [-0.2, 0) is 9.53 Å². The van der Waals surface area contributed by atoms with E-state index in [0.29, 0.717) is 0 Å². The van der Waals surface area contributed by atoms with Gasteiger partial charge in [0.05, 0.1) is 6.61 Å². The second-order valence-electron chi connectivity index (χ2n) is 1.62. The van der Waals surface area contributed by atoms with Gasteiger partial charge in [-0.3, -0.25) is 0 Å². The molecular weight excluding hydrogens is 148 g/mol. The van der Waals surface area contributed by atoms with E-state index in [1.807, 2.05) is 0 Å². The Morgan fingerprint density at radius 2 is 2.36 bits per heavy atom. The number of aliphatic hydroxyl groups is 1. The average molecular weight is 156 g/mol. The highest BCUT2D eigenvalue weighted by molar-refractivity contribution is 6.39. The van der Waals surface area contributed by atoms with Crippen LogP contribution in [0.15, 0.2) is 12.3 Å². The van der Waals surface area contributed by atoms with Crippen molar-refractivity contribution in [1.29, 1.82) is 0 Å². The molecule has 60 valence electrons. The van der Waals surface area contributed by atoms with Crippen LogP contribution >= 0.6 is 0 Å². The summed E-state index contributed by atoms with van der Waals surface area (Å²) in [6.07, 6.45) is 0. The van der Waals surface area contributed by atoms with Gasteiger partial charge in [0.15, 0.2) is 0 Å². The van der Waals surface area contributed by atoms with Crippen molar-refractivity contribution < 1.29 is 19.4 Å². The van der Waals surface area contributed by atoms with Crippen molar-refractivity contribution in [3.63, 3.8) is 0 Å². The molecule has 0 bridgehead atoms. The number of hydrogen-bond acceptors (Lipinski definition) is 3. The average Bonchev–Trinajstić information content (AvgIpc) is 1.88. The molecule has 0 aliphatic carbocycles. The molecule has 1 N–H and O–H groups in total. The number of carbonyl (C=O) groups excluding carboxylic acids is 1. The monoisotopic (exact) mass is 156 g/mol. The summed E-state index contributed by atoms with van der Waals surface area (Å²) in [6.45, 7) is 4.73. The van der Waals surface area contributed by atoms with Gasteiger partial charge in [-0.25, -0.2) is 4.79 Å². The van der Waals surface area contributed by atoms with Crippen LogP contribution in [0.25, 0.3) is 5.53 Å². The summed E-state index contributed by atoms with van der Waals surface area (Å²) < 4.78 is 4.41. The van der Waals surface area contributed by atoms with Gasteiger partial charge >= 0.3 is 11.7 Å². The van der Waals surface area contributed by atoms with Crippen molar-refractivity contribution in [2.75, 3.05) is 6.61 Å². The van der Waals surface area contributed by atoms with Crippen molar-refractivity contribution in [2.45, 2.75) is 6.92 Å². The number of hydrogen-bond donors (Lipinski definition) is 1. The van der Waals surface area contributed by atoms with Crippen molar-refractivity contribution in [3.05, 3.63) is 17.9 Å². The Bertz CT molecular complexity index is 228. The maximum Gasteiger partial charge on any atom is 0.439 e. The van der Waals surface area contributed by atoms with Crippen molar-refractivity contribution >= 4 is 11.7 Å². The third-order valence-electron chi connectivity index (χ3n) is 0.842. The minimum atomic E-state index is -0.900. The molecule has 0 atom stereocenters. The smallest absolute Gasteiger partial charge is 0.439 e. The Morgan fingerprint density at radius 3 is 2.64 bits per heavy atom. The molecule has 0 amide bonds. The molecule has 11 heavy (non-hydrogen) atoms. The van der Waals surface area contributed by atoms with E-state index >= 15 is 0 Å². The summed E-state index contributed by atoms with van der Waals surface area (Å²) in [5.74, 6) is -1.52. The first-order valence-corrected chi connectivity index (χ1v) is 2.90. The quantitative estimate of drug-likeness (QED) is 0.209. The molecule has 0 rings (SSSR count). The van der Waals surface area contributed by atoms with Gasteiger partial charge in [-0.1, -0.05) is 0 Å². The molecule has 0 aromatic heterocycles. The fourth-order valence-corrected chi connectivity index (χ4v) is 0.416. The molecule has 0 aromatic rings. The maximum absolute atomic E-state index is 10.7. The third-order valence-corrected chi connectivity index (χ3v) is 0.842. The maximum atomic E-state index is 10.7. The van der Waals surface area contributed by atoms with Gasteiger partial charge in [-0.15, -0.1) is 0 Å². The second kappa shape index (κ2) is 4.24. The Labute approximate surface area is 63.5 Å². The highest BCUT2D eigenvalue weighted by Gasteiger charge is 2.24. The fraction of sp³-hybridized carbons (Fsp3) is 0.333. The Hall–Kier alpha value is -1.61. The van der Waals surface area contributed by atoms with Crippen molar-refractivity contribution in [1.82, 2.24) is 0 Å². The summed E-state index contributed by atoms with van der Waals surface area (Å²) in [4.78, 5) is 13.2. The van der Waals surface area contributed by atoms with Gasteiger partial charge in [0.25, 0.3) is 0 Å². The molecule has 0 aliphatic rings. The normalized spacial score (nSPS) is 8.09. The molecule has 0 radical (unpaired) electrons. The molecule has 0 heterocycles. The summed E-state index contributed by atoms with van der Waals surface area (Å²) in [5.41, 5.74) is 7.58. The molecule has 0 spiro atoms. The highest BCUT2D eigenvalue weighted by Crippen LogP contribution is 1.89. The van der Waals surface area contributed by atoms with E-state index in [1.165, 1.54) is 0 Å². The molecule has 0 aromatic carbocycles. The summed E-state index contributed by atoms with van der Waals surface area (Å²) in [6, 6.07) is 0. The number of aliphatic hydroxyl groups excluding tert-OH is 1. The van der Waals surface area contributed by atoms with E-state index in [2.05, 4.69) is 16.1 Å². The number of carbonyl (C=O) groups is 1. The van der Waals surface area contributed by atoms with Gasteiger partial charge in [0.2, 0.25) is 5.76 Å². The van der Waals surface area contributed by atoms with Crippen molar-refractivity contribution in [2.24, 2.45) is 0 Å². The number of esters is 1. The van der Waals surface area contributed by atoms with Gasteiger partial charge in [-0.2, -0.15) is 4.79 Å². The fourth-order valence-electron chi connectivity index (χ4n) is 0.416. The van der Waals surface area contributed by atoms with Crippen LogP contribution in [0.1, 0.15) is 6.92 Å². The second-order valence-corrected chi connectivity index (χ2v) is 1.62. The highest BCUT2D eigenvalue weighted by atomic mass is 16.5. The number of rotatable bonds is 3. The molecule has 0 unspecified atom stereocenters. The lowest BCUT2D eigenvalue weighted by Crippen LogP contribution is -2.20. The topological polar surface area (TPSA) is 82.9 Å². The van der Waals surface area contributed by atoms with E-state index < -0.39 is 17.4 Å². The number of nitrogens with zero attached hydrogens (tertiary/aromatic N) is 2. The van der Waals surface area contributed by atoms with Gasteiger partial charge in [-0.05, 0) is 13.5 Å². The van der Waals surface area contributed by atoms with Crippen LogP contribution in [0, 0.1) is 0 Å². The zero-order valence-electron chi connectivity index (χ0n) is 6.07. The lowest BCUT2D eigenvalue weighted by atomic mass is 10.3. The van der Waals surface area contributed by atoms with E-state index in [0.717, 1.165) is 0 Å². The molecule has 0 saturated heterocycles. The Balaban J connectivity index is 4.42. The predicted molar refractivity (Wildman–Crippen MR) is 37.0 cm³/mol. The minimum Gasteiger partial charge on any atom is -0.502 e. The number of ether oxygens (including phenoxy) is 1. The van der Waals surface area contributed by atoms with Crippen LogP contribution in [0.5, 0.6) is 0 Å². The van der Waals surface area contributed by atoms with Gasteiger partial charge in [0, 0.05) is 0 Å². The van der Waals surface area contributed by atoms with Crippen LogP contribution in [0.4, 0.5) is 0 Å². The Morgan fingerprint density at radius 1 is 1.82 bits per heavy atom. The summed E-state index contributed by atoms with van der Waals surface area (Å²) >= 11 is 0. The largest absolute Gasteiger partial charge is 0.502 e.